The number of carbonyl (C=O) groups is 2. The van der Waals surface area contributed by atoms with E-state index in [1.807, 2.05) is 57.2 Å². The minimum Gasteiger partial charge on any atom is -0.469 e. The van der Waals surface area contributed by atoms with Crippen molar-refractivity contribution >= 4 is 17.7 Å². The molecule has 146 valence electrons. The molecule has 0 aliphatic carbocycles. The summed E-state index contributed by atoms with van der Waals surface area (Å²) >= 11 is 0. The first-order chi connectivity index (χ1) is 12.8. The summed E-state index contributed by atoms with van der Waals surface area (Å²) in [5, 5.41) is 5.63. The van der Waals surface area contributed by atoms with Crippen molar-refractivity contribution in [3.8, 4) is 0 Å². The first-order valence-corrected chi connectivity index (χ1v) is 9.20. The molecule has 0 unspecified atom stereocenters. The van der Waals surface area contributed by atoms with E-state index in [0.29, 0.717) is 25.1 Å². The first kappa shape index (κ1) is 20.6. The lowest BCUT2D eigenvalue weighted by Crippen LogP contribution is -2.27. The van der Waals surface area contributed by atoms with E-state index in [1.54, 1.807) is 6.26 Å². The molecule has 1 aromatic carbocycles. The highest BCUT2D eigenvalue weighted by Gasteiger charge is 2.16. The lowest BCUT2D eigenvalue weighted by molar-refractivity contribution is -0.121. The van der Waals surface area contributed by atoms with E-state index < -0.39 is 11.7 Å². The largest absolute Gasteiger partial charge is 0.469 e. The van der Waals surface area contributed by atoms with E-state index in [9.17, 15) is 9.59 Å². The Bertz CT molecular complexity index is 716. The molecular formula is C21H28N2O4. The minimum absolute atomic E-state index is 0.0308. The maximum atomic E-state index is 11.8. The molecule has 0 bridgehead atoms. The zero-order valence-corrected chi connectivity index (χ0v) is 16.2. The van der Waals surface area contributed by atoms with Gasteiger partial charge in [0.2, 0.25) is 5.91 Å². The number of furan rings is 1. The maximum absolute atomic E-state index is 11.8. The zero-order valence-electron chi connectivity index (χ0n) is 16.2. The van der Waals surface area contributed by atoms with Gasteiger partial charge in [-0.15, -0.1) is 0 Å². The second-order valence-electron chi connectivity index (χ2n) is 7.36. The molecule has 0 aliphatic heterocycles. The van der Waals surface area contributed by atoms with Gasteiger partial charge in [0.1, 0.15) is 11.4 Å². The number of amides is 2. The number of ether oxygens (including phenoxy) is 1. The molecule has 27 heavy (non-hydrogen) atoms. The molecule has 1 heterocycles. The van der Waals surface area contributed by atoms with Crippen molar-refractivity contribution in [2.75, 3.05) is 11.9 Å². The normalized spacial score (nSPS) is 11.1. The lowest BCUT2D eigenvalue weighted by atomic mass is 10.1. The summed E-state index contributed by atoms with van der Waals surface area (Å²) in [5.74, 6) is 0.855. The lowest BCUT2D eigenvalue weighted by Gasteiger charge is -2.19. The summed E-state index contributed by atoms with van der Waals surface area (Å²) in [5.41, 5.74) is 1.32. The third-order valence-electron chi connectivity index (χ3n) is 3.74. The zero-order chi connectivity index (χ0) is 19.7. The van der Waals surface area contributed by atoms with Crippen molar-refractivity contribution in [2.45, 2.75) is 52.1 Å². The maximum Gasteiger partial charge on any atom is 0.412 e. The Morgan fingerprint density at radius 2 is 1.81 bits per heavy atom. The van der Waals surface area contributed by atoms with Crippen LogP contribution in [-0.2, 0) is 22.4 Å². The molecule has 1 aromatic heterocycles. The fourth-order valence-electron chi connectivity index (χ4n) is 2.48. The second kappa shape index (κ2) is 9.80. The average Bonchev–Trinajstić information content (AvgIpc) is 3.10. The van der Waals surface area contributed by atoms with E-state index in [1.165, 1.54) is 0 Å². The van der Waals surface area contributed by atoms with Gasteiger partial charge in [-0.3, -0.25) is 10.1 Å². The summed E-state index contributed by atoms with van der Waals surface area (Å²) in [7, 11) is 0. The molecule has 6 nitrogen and oxygen atoms in total. The van der Waals surface area contributed by atoms with Gasteiger partial charge in [-0.05, 0) is 63.4 Å². The van der Waals surface area contributed by atoms with Gasteiger partial charge in [-0.2, -0.15) is 0 Å². The fourth-order valence-corrected chi connectivity index (χ4v) is 2.48. The Morgan fingerprint density at radius 3 is 2.44 bits per heavy atom. The standard InChI is InChI=1S/C21H28N2O4/c1-21(2,3)27-20(25)23-17-10-8-16(9-11-17)6-4-14-22-19(24)13-12-18-7-5-15-26-18/h5,7-11,15H,4,6,12-14H2,1-3H3,(H,22,24)(H,23,25). The van der Waals surface area contributed by atoms with Gasteiger partial charge in [0.25, 0.3) is 0 Å². The summed E-state index contributed by atoms with van der Waals surface area (Å²) < 4.78 is 10.4. The Kier molecular flexibility index (Phi) is 7.46. The van der Waals surface area contributed by atoms with Crippen molar-refractivity contribution in [1.82, 2.24) is 5.32 Å². The first-order valence-electron chi connectivity index (χ1n) is 9.20. The van der Waals surface area contributed by atoms with E-state index in [0.717, 1.165) is 24.2 Å². The van der Waals surface area contributed by atoms with Gasteiger partial charge in [-0.1, -0.05) is 12.1 Å². The quantitative estimate of drug-likeness (QED) is 0.677. The summed E-state index contributed by atoms with van der Waals surface area (Å²) in [6.45, 7) is 6.11. The highest BCUT2D eigenvalue weighted by atomic mass is 16.6. The number of hydrogen-bond acceptors (Lipinski definition) is 4. The summed E-state index contributed by atoms with van der Waals surface area (Å²) in [6, 6.07) is 11.3. The Labute approximate surface area is 160 Å². The smallest absolute Gasteiger partial charge is 0.412 e. The van der Waals surface area contributed by atoms with Crippen LogP contribution in [0.2, 0.25) is 0 Å². The highest BCUT2D eigenvalue weighted by molar-refractivity contribution is 5.84. The Hall–Kier alpha value is -2.76. The topological polar surface area (TPSA) is 80.6 Å². The van der Waals surface area contributed by atoms with Crippen LogP contribution in [0.4, 0.5) is 10.5 Å². The molecule has 6 heteroatoms. The van der Waals surface area contributed by atoms with Gasteiger partial charge in [-0.25, -0.2) is 4.79 Å². The van der Waals surface area contributed by atoms with E-state index in [2.05, 4.69) is 10.6 Å². The molecule has 0 atom stereocenters. The van der Waals surface area contributed by atoms with Crippen LogP contribution in [0.3, 0.4) is 0 Å². The second-order valence-corrected chi connectivity index (χ2v) is 7.36. The molecule has 0 fully saturated rings. The third-order valence-corrected chi connectivity index (χ3v) is 3.74. The molecule has 2 rings (SSSR count). The molecule has 0 saturated heterocycles. The van der Waals surface area contributed by atoms with Crippen LogP contribution < -0.4 is 10.6 Å². The fraction of sp³-hybridized carbons (Fsp3) is 0.429. The molecular weight excluding hydrogens is 344 g/mol. The van der Waals surface area contributed by atoms with Crippen molar-refractivity contribution in [3.05, 3.63) is 54.0 Å². The van der Waals surface area contributed by atoms with Crippen LogP contribution in [0.25, 0.3) is 0 Å². The number of anilines is 1. The monoisotopic (exact) mass is 372 g/mol. The van der Waals surface area contributed by atoms with Crippen LogP contribution in [-0.4, -0.2) is 24.1 Å². The predicted octanol–water partition coefficient (Wildman–Crippen LogP) is 4.31. The minimum atomic E-state index is -0.521. The van der Waals surface area contributed by atoms with Crippen LogP contribution >= 0.6 is 0 Å². The van der Waals surface area contributed by atoms with Gasteiger partial charge >= 0.3 is 6.09 Å². The molecule has 2 amide bonds. The number of nitrogens with one attached hydrogen (secondary N) is 2. The van der Waals surface area contributed by atoms with Crippen LogP contribution in [0.5, 0.6) is 0 Å². The summed E-state index contributed by atoms with van der Waals surface area (Å²) in [6.07, 6.45) is 3.90. The number of hydrogen-bond donors (Lipinski definition) is 2. The molecule has 0 radical (unpaired) electrons. The third kappa shape index (κ3) is 8.44. The molecule has 2 aromatic rings. The van der Waals surface area contributed by atoms with E-state index >= 15 is 0 Å². The summed E-state index contributed by atoms with van der Waals surface area (Å²) in [4.78, 5) is 23.5. The van der Waals surface area contributed by atoms with Crippen molar-refractivity contribution in [3.63, 3.8) is 0 Å². The van der Waals surface area contributed by atoms with Crippen molar-refractivity contribution in [1.29, 1.82) is 0 Å². The van der Waals surface area contributed by atoms with Crippen LogP contribution in [0, 0.1) is 0 Å². The van der Waals surface area contributed by atoms with Gasteiger partial charge in [0.05, 0.1) is 6.26 Å². The Morgan fingerprint density at radius 1 is 1.07 bits per heavy atom. The van der Waals surface area contributed by atoms with Crippen molar-refractivity contribution in [2.24, 2.45) is 0 Å². The predicted molar refractivity (Wildman–Crippen MR) is 105 cm³/mol. The van der Waals surface area contributed by atoms with Gasteiger partial charge in [0.15, 0.2) is 0 Å². The average molecular weight is 372 g/mol. The van der Waals surface area contributed by atoms with Gasteiger partial charge in [0, 0.05) is 25.1 Å². The van der Waals surface area contributed by atoms with E-state index in [-0.39, 0.29) is 5.91 Å². The molecule has 0 spiro atoms. The van der Waals surface area contributed by atoms with Crippen molar-refractivity contribution < 1.29 is 18.7 Å². The molecule has 0 aliphatic rings. The molecule has 2 N–H and O–H groups in total. The van der Waals surface area contributed by atoms with Crippen LogP contribution in [0.1, 0.15) is 44.9 Å². The molecule has 0 saturated carbocycles. The number of aryl methyl sites for hydroxylation is 2. The SMILES string of the molecule is CC(C)(C)OC(=O)Nc1ccc(CCCNC(=O)CCc2ccco2)cc1. The number of rotatable bonds is 8. The number of carbonyl (C=O) groups excluding carboxylic acids is 2. The van der Waals surface area contributed by atoms with Crippen LogP contribution in [0.15, 0.2) is 47.1 Å². The van der Waals surface area contributed by atoms with Gasteiger partial charge < -0.3 is 14.5 Å². The number of benzene rings is 1. The highest BCUT2D eigenvalue weighted by Crippen LogP contribution is 2.13. The Balaban J connectivity index is 1.63. The van der Waals surface area contributed by atoms with E-state index in [4.69, 9.17) is 9.15 Å².